The Morgan fingerprint density at radius 1 is 1.25 bits per heavy atom. The summed E-state index contributed by atoms with van der Waals surface area (Å²) in [6, 6.07) is 13.0. The van der Waals surface area contributed by atoms with E-state index < -0.39 is 17.7 Å². The molecule has 9 nitrogen and oxygen atoms in total. The third kappa shape index (κ3) is 5.66. The second kappa shape index (κ2) is 10.7. The molecule has 2 aliphatic rings. The van der Waals surface area contributed by atoms with Gasteiger partial charge >= 0.3 is 0 Å². The largest absolute Gasteiger partial charge is 0.497 e. The van der Waals surface area contributed by atoms with Crippen LogP contribution in [0, 0.1) is 0 Å². The Balaban J connectivity index is 1.66. The Kier molecular flexibility index (Phi) is 7.87. The lowest BCUT2D eigenvalue weighted by atomic mass is 9.99. The summed E-state index contributed by atoms with van der Waals surface area (Å²) in [4.78, 5) is 20.3. The number of nitrogens with one attached hydrogen (secondary N) is 3. The van der Waals surface area contributed by atoms with E-state index in [1.807, 2.05) is 49.4 Å². The van der Waals surface area contributed by atoms with Gasteiger partial charge in [0.1, 0.15) is 11.9 Å². The molecular weight excluding hydrogens is 482 g/mol. The van der Waals surface area contributed by atoms with Crippen molar-refractivity contribution in [2.45, 2.75) is 63.7 Å². The van der Waals surface area contributed by atoms with Gasteiger partial charge in [0.15, 0.2) is 0 Å². The molecule has 2 aromatic rings. The van der Waals surface area contributed by atoms with Crippen LogP contribution in [0.4, 0.5) is 5.69 Å². The number of hydrazine groups is 1. The predicted octanol–water partition coefficient (Wildman–Crippen LogP) is 2.18. The third-order valence-corrected chi connectivity index (χ3v) is 6.87. The summed E-state index contributed by atoms with van der Waals surface area (Å²) in [5.41, 5.74) is 8.85. The van der Waals surface area contributed by atoms with Crippen molar-refractivity contribution in [2.75, 3.05) is 18.6 Å². The maximum Gasteiger partial charge on any atom is 0.222 e. The number of methoxy groups -OCH3 is 1. The molecule has 194 valence electrons. The zero-order valence-electron chi connectivity index (χ0n) is 21.0. The standard InChI is InChI=1S/C26H34ClN5O4/c1-15-30-31-25-20(14-23(34)28-12-11-22(33)26(2,3)35)29-24(16-5-7-17(27)8-6-16)19-13-18(36-4)9-10-21(19)32(15)25/h5-10,13,15,20,22,25,30-31,33,35H,11-12,14H2,1-4H3,(H,28,34). The second-order valence-electron chi connectivity index (χ2n) is 9.76. The van der Waals surface area contributed by atoms with Crippen LogP contribution in [0.2, 0.25) is 5.02 Å². The zero-order valence-corrected chi connectivity index (χ0v) is 21.7. The van der Waals surface area contributed by atoms with E-state index in [0.717, 1.165) is 22.5 Å². The predicted molar refractivity (Wildman–Crippen MR) is 140 cm³/mol. The minimum Gasteiger partial charge on any atom is -0.497 e. The number of ether oxygens (including phenoxy) is 1. The Hall–Kier alpha value is -2.69. The summed E-state index contributed by atoms with van der Waals surface area (Å²) >= 11 is 6.15. The van der Waals surface area contributed by atoms with Gasteiger partial charge in [-0.2, -0.15) is 0 Å². The van der Waals surface area contributed by atoms with Gasteiger partial charge in [-0.25, -0.2) is 10.9 Å². The lowest BCUT2D eigenvalue weighted by molar-refractivity contribution is -0.121. The average molecular weight is 516 g/mol. The molecule has 0 aliphatic carbocycles. The Morgan fingerprint density at radius 2 is 1.97 bits per heavy atom. The molecule has 1 fully saturated rings. The number of carbonyl (C=O) groups excluding carboxylic acids is 1. The van der Waals surface area contributed by atoms with E-state index in [2.05, 4.69) is 21.1 Å². The van der Waals surface area contributed by atoms with Crippen LogP contribution in [0.25, 0.3) is 0 Å². The van der Waals surface area contributed by atoms with Crippen molar-refractivity contribution in [1.29, 1.82) is 0 Å². The zero-order chi connectivity index (χ0) is 26.0. The summed E-state index contributed by atoms with van der Waals surface area (Å²) in [5.74, 6) is 0.522. The number of rotatable bonds is 8. The highest BCUT2D eigenvalue weighted by Gasteiger charge is 2.41. The van der Waals surface area contributed by atoms with Gasteiger partial charge in [0.25, 0.3) is 0 Å². The van der Waals surface area contributed by atoms with Crippen molar-refractivity contribution in [3.63, 3.8) is 0 Å². The van der Waals surface area contributed by atoms with Gasteiger partial charge in [-0.1, -0.05) is 23.7 Å². The molecule has 5 N–H and O–H groups in total. The smallest absolute Gasteiger partial charge is 0.222 e. The number of hydrogen-bond acceptors (Lipinski definition) is 8. The monoisotopic (exact) mass is 515 g/mol. The molecule has 0 saturated carbocycles. The molecule has 4 atom stereocenters. The summed E-state index contributed by atoms with van der Waals surface area (Å²) in [7, 11) is 1.63. The highest BCUT2D eigenvalue weighted by molar-refractivity contribution is 6.30. The number of fused-ring (bicyclic) bond motifs is 3. The number of aliphatic imine (C=N–C) groups is 1. The Bertz CT molecular complexity index is 1120. The van der Waals surface area contributed by atoms with E-state index in [1.54, 1.807) is 21.0 Å². The molecule has 2 heterocycles. The number of aliphatic hydroxyl groups is 2. The van der Waals surface area contributed by atoms with Gasteiger partial charge < -0.3 is 25.2 Å². The number of benzene rings is 2. The fourth-order valence-electron chi connectivity index (χ4n) is 4.55. The van der Waals surface area contributed by atoms with Gasteiger partial charge in [0.05, 0.1) is 43.2 Å². The van der Waals surface area contributed by atoms with Crippen molar-refractivity contribution >= 4 is 28.9 Å². The summed E-state index contributed by atoms with van der Waals surface area (Å²) in [6.07, 6.45) is -0.883. The molecule has 10 heteroatoms. The van der Waals surface area contributed by atoms with Crippen LogP contribution in [-0.2, 0) is 4.79 Å². The van der Waals surface area contributed by atoms with Gasteiger partial charge in [0.2, 0.25) is 5.91 Å². The molecule has 0 aromatic heterocycles. The molecule has 4 unspecified atom stereocenters. The molecule has 0 radical (unpaired) electrons. The molecule has 1 saturated heterocycles. The first-order valence-electron chi connectivity index (χ1n) is 12.1. The lowest BCUT2D eigenvalue weighted by Gasteiger charge is -2.31. The maximum absolute atomic E-state index is 13.0. The van der Waals surface area contributed by atoms with Crippen molar-refractivity contribution < 1.29 is 19.7 Å². The van der Waals surface area contributed by atoms with Crippen LogP contribution in [-0.4, -0.2) is 65.6 Å². The molecule has 0 bridgehead atoms. The molecule has 0 spiro atoms. The summed E-state index contributed by atoms with van der Waals surface area (Å²) in [6.45, 7) is 5.38. The van der Waals surface area contributed by atoms with Crippen molar-refractivity contribution in [3.05, 3.63) is 58.6 Å². The lowest BCUT2D eigenvalue weighted by Crippen LogP contribution is -2.48. The van der Waals surface area contributed by atoms with Gasteiger partial charge in [-0.15, -0.1) is 0 Å². The first-order chi connectivity index (χ1) is 17.1. The SMILES string of the molecule is COc1ccc2c(c1)C(c1ccc(Cl)cc1)=NC(CC(=O)NCCC(O)C(C)(C)O)C1NNC(C)N21. The average Bonchev–Trinajstić information content (AvgIpc) is 3.16. The van der Waals surface area contributed by atoms with Crippen LogP contribution >= 0.6 is 11.6 Å². The van der Waals surface area contributed by atoms with E-state index in [9.17, 15) is 15.0 Å². The molecule has 4 rings (SSSR count). The Morgan fingerprint density at radius 3 is 2.64 bits per heavy atom. The van der Waals surface area contributed by atoms with Crippen LogP contribution in [0.3, 0.4) is 0 Å². The van der Waals surface area contributed by atoms with E-state index in [4.69, 9.17) is 21.3 Å². The number of anilines is 1. The summed E-state index contributed by atoms with van der Waals surface area (Å²) in [5, 5.41) is 23.5. The first kappa shape index (κ1) is 26.4. The minimum atomic E-state index is -1.23. The highest BCUT2D eigenvalue weighted by Crippen LogP contribution is 2.36. The van der Waals surface area contributed by atoms with Crippen LogP contribution in [0.1, 0.15) is 44.7 Å². The van der Waals surface area contributed by atoms with Gasteiger partial charge in [-0.3, -0.25) is 9.79 Å². The fraction of sp³-hybridized carbons (Fsp3) is 0.462. The maximum atomic E-state index is 13.0. The molecule has 36 heavy (non-hydrogen) atoms. The van der Waals surface area contributed by atoms with E-state index in [1.165, 1.54) is 0 Å². The fourth-order valence-corrected chi connectivity index (χ4v) is 4.67. The minimum absolute atomic E-state index is 0.0468. The van der Waals surface area contributed by atoms with Crippen molar-refractivity contribution in [1.82, 2.24) is 16.2 Å². The van der Waals surface area contributed by atoms with Crippen molar-refractivity contribution in [3.8, 4) is 5.75 Å². The first-order valence-corrected chi connectivity index (χ1v) is 12.4. The number of carbonyl (C=O) groups is 1. The van der Waals surface area contributed by atoms with E-state index >= 15 is 0 Å². The van der Waals surface area contributed by atoms with Crippen molar-refractivity contribution in [2.24, 2.45) is 4.99 Å². The van der Waals surface area contributed by atoms with E-state index in [0.29, 0.717) is 10.8 Å². The molecular formula is C26H34ClN5O4. The number of aliphatic hydroxyl groups excluding tert-OH is 1. The number of amides is 1. The summed E-state index contributed by atoms with van der Waals surface area (Å²) < 4.78 is 5.51. The van der Waals surface area contributed by atoms with Crippen LogP contribution in [0.5, 0.6) is 5.75 Å². The normalized spacial score (nSPS) is 22.2. The molecule has 2 aliphatic heterocycles. The topological polar surface area (TPSA) is 118 Å². The number of hydrogen-bond donors (Lipinski definition) is 5. The quantitative estimate of drug-likeness (QED) is 0.365. The second-order valence-corrected chi connectivity index (χ2v) is 10.2. The number of nitrogens with zero attached hydrogens (tertiary/aromatic N) is 2. The van der Waals surface area contributed by atoms with Gasteiger partial charge in [-0.05, 0) is 57.5 Å². The Labute approximate surface area is 216 Å². The molecule has 1 amide bonds. The van der Waals surface area contributed by atoms with Crippen LogP contribution < -0.4 is 25.8 Å². The number of halogens is 1. The van der Waals surface area contributed by atoms with Crippen LogP contribution in [0.15, 0.2) is 47.5 Å². The third-order valence-electron chi connectivity index (χ3n) is 6.62. The van der Waals surface area contributed by atoms with Gasteiger partial charge in [0, 0.05) is 28.4 Å². The van der Waals surface area contributed by atoms with E-state index in [-0.39, 0.29) is 37.6 Å². The molecule has 2 aromatic carbocycles. The highest BCUT2D eigenvalue weighted by atomic mass is 35.5.